The maximum atomic E-state index is 13.6. The number of amides is 2. The van der Waals surface area contributed by atoms with Gasteiger partial charge in [0.2, 0.25) is 5.91 Å². The maximum absolute atomic E-state index is 13.6. The van der Waals surface area contributed by atoms with E-state index in [1.807, 2.05) is 0 Å². The summed E-state index contributed by atoms with van der Waals surface area (Å²) in [7, 11) is 0. The Morgan fingerprint density at radius 3 is 2.32 bits per heavy atom. The van der Waals surface area contributed by atoms with Crippen molar-refractivity contribution in [2.45, 2.75) is 26.3 Å². The minimum Gasteiger partial charge on any atom is -0.354 e. The standard InChI is InChI=1S/C15H21F2N3O2/c1-9(2)13(15(22)19-8-4-7-18)20-14(21)12-10(16)5-3-6-11(12)17/h3,5-6,9,13H,4,7-8,18H2,1-2H3,(H,19,22)(H,20,21). The van der Waals surface area contributed by atoms with Crippen molar-refractivity contribution in [3.8, 4) is 0 Å². The molecular weight excluding hydrogens is 292 g/mol. The first-order valence-corrected chi connectivity index (χ1v) is 7.11. The third-order valence-corrected chi connectivity index (χ3v) is 3.11. The van der Waals surface area contributed by atoms with E-state index in [2.05, 4.69) is 10.6 Å². The van der Waals surface area contributed by atoms with Crippen LogP contribution in [0, 0.1) is 17.6 Å². The number of halogens is 2. The highest BCUT2D eigenvalue weighted by Crippen LogP contribution is 2.13. The summed E-state index contributed by atoms with van der Waals surface area (Å²) in [6.07, 6.45) is 0.604. The fourth-order valence-electron chi connectivity index (χ4n) is 1.89. The molecule has 0 heterocycles. The molecule has 1 aromatic carbocycles. The van der Waals surface area contributed by atoms with Crippen molar-refractivity contribution in [1.82, 2.24) is 10.6 Å². The van der Waals surface area contributed by atoms with Crippen LogP contribution in [0.4, 0.5) is 8.78 Å². The van der Waals surface area contributed by atoms with Gasteiger partial charge in [-0.05, 0) is 31.0 Å². The Morgan fingerprint density at radius 2 is 1.82 bits per heavy atom. The SMILES string of the molecule is CC(C)C(NC(=O)c1c(F)cccc1F)C(=O)NCCCN. The summed E-state index contributed by atoms with van der Waals surface area (Å²) >= 11 is 0. The van der Waals surface area contributed by atoms with Crippen LogP contribution < -0.4 is 16.4 Å². The minimum atomic E-state index is -0.969. The molecule has 0 radical (unpaired) electrons. The van der Waals surface area contributed by atoms with Crippen molar-refractivity contribution in [2.24, 2.45) is 11.7 Å². The predicted molar refractivity (Wildman–Crippen MR) is 79.1 cm³/mol. The average molecular weight is 313 g/mol. The van der Waals surface area contributed by atoms with Crippen molar-refractivity contribution >= 4 is 11.8 Å². The molecule has 0 spiro atoms. The van der Waals surface area contributed by atoms with E-state index in [-0.39, 0.29) is 5.92 Å². The zero-order valence-corrected chi connectivity index (χ0v) is 12.7. The molecule has 7 heteroatoms. The Balaban J connectivity index is 2.83. The molecule has 0 fully saturated rings. The van der Waals surface area contributed by atoms with Crippen LogP contribution in [0.1, 0.15) is 30.6 Å². The molecule has 0 saturated heterocycles. The normalized spacial score (nSPS) is 12.1. The lowest BCUT2D eigenvalue weighted by Crippen LogP contribution is -2.50. The smallest absolute Gasteiger partial charge is 0.257 e. The third-order valence-electron chi connectivity index (χ3n) is 3.11. The number of rotatable bonds is 7. The zero-order chi connectivity index (χ0) is 16.7. The van der Waals surface area contributed by atoms with Gasteiger partial charge in [-0.15, -0.1) is 0 Å². The third kappa shape index (κ3) is 4.77. The number of nitrogens with one attached hydrogen (secondary N) is 2. The maximum Gasteiger partial charge on any atom is 0.257 e. The summed E-state index contributed by atoms with van der Waals surface area (Å²) in [5, 5.41) is 5.01. The number of benzene rings is 1. The Hall–Kier alpha value is -2.02. The lowest BCUT2D eigenvalue weighted by atomic mass is 10.0. The summed E-state index contributed by atoms with van der Waals surface area (Å²) < 4.78 is 27.2. The van der Waals surface area contributed by atoms with Gasteiger partial charge >= 0.3 is 0 Å². The Labute approximate surface area is 128 Å². The number of hydrogen-bond acceptors (Lipinski definition) is 3. The molecular formula is C15H21F2N3O2. The molecule has 4 N–H and O–H groups in total. The van der Waals surface area contributed by atoms with Crippen LogP contribution >= 0.6 is 0 Å². The van der Waals surface area contributed by atoms with Gasteiger partial charge in [0.25, 0.3) is 5.91 Å². The van der Waals surface area contributed by atoms with Crippen molar-refractivity contribution < 1.29 is 18.4 Å². The van der Waals surface area contributed by atoms with Gasteiger partial charge in [-0.2, -0.15) is 0 Å². The summed E-state index contributed by atoms with van der Waals surface area (Å²) in [4.78, 5) is 24.1. The molecule has 122 valence electrons. The van der Waals surface area contributed by atoms with Crippen LogP contribution in [-0.2, 0) is 4.79 Å². The summed E-state index contributed by atoms with van der Waals surface area (Å²) in [6.45, 7) is 4.26. The van der Waals surface area contributed by atoms with Crippen LogP contribution in [0.25, 0.3) is 0 Å². The molecule has 2 amide bonds. The van der Waals surface area contributed by atoms with Crippen molar-refractivity contribution in [3.63, 3.8) is 0 Å². The monoisotopic (exact) mass is 313 g/mol. The van der Waals surface area contributed by atoms with Crippen LogP contribution in [-0.4, -0.2) is 30.9 Å². The molecule has 0 aromatic heterocycles. The molecule has 0 bridgehead atoms. The second-order valence-electron chi connectivity index (χ2n) is 5.23. The fraction of sp³-hybridized carbons (Fsp3) is 0.467. The van der Waals surface area contributed by atoms with E-state index in [9.17, 15) is 18.4 Å². The van der Waals surface area contributed by atoms with E-state index in [4.69, 9.17) is 5.73 Å². The van der Waals surface area contributed by atoms with E-state index in [1.165, 1.54) is 6.07 Å². The predicted octanol–water partition coefficient (Wildman–Crippen LogP) is 1.18. The summed E-state index contributed by atoms with van der Waals surface area (Å²) in [6, 6.07) is 2.26. The topological polar surface area (TPSA) is 84.2 Å². The molecule has 0 aliphatic carbocycles. The molecule has 22 heavy (non-hydrogen) atoms. The molecule has 5 nitrogen and oxygen atoms in total. The zero-order valence-electron chi connectivity index (χ0n) is 12.7. The lowest BCUT2D eigenvalue weighted by molar-refractivity contribution is -0.123. The first kappa shape index (κ1) is 18.0. The summed E-state index contributed by atoms with van der Waals surface area (Å²) in [5.74, 6) is -3.54. The quantitative estimate of drug-likeness (QED) is 0.661. The van der Waals surface area contributed by atoms with Gasteiger partial charge in [0.05, 0.1) is 0 Å². The fourth-order valence-corrected chi connectivity index (χ4v) is 1.89. The van der Waals surface area contributed by atoms with Crippen molar-refractivity contribution in [1.29, 1.82) is 0 Å². The van der Waals surface area contributed by atoms with Gasteiger partial charge in [0.1, 0.15) is 23.2 Å². The molecule has 1 unspecified atom stereocenters. The van der Waals surface area contributed by atoms with Crippen LogP contribution in [0.2, 0.25) is 0 Å². The first-order valence-electron chi connectivity index (χ1n) is 7.11. The highest BCUT2D eigenvalue weighted by atomic mass is 19.1. The molecule has 1 atom stereocenters. The Morgan fingerprint density at radius 1 is 1.23 bits per heavy atom. The Kier molecular flexibility index (Phi) is 6.91. The highest BCUT2D eigenvalue weighted by molar-refractivity contribution is 5.98. The van der Waals surface area contributed by atoms with Gasteiger partial charge < -0.3 is 16.4 Å². The summed E-state index contributed by atoms with van der Waals surface area (Å²) in [5.41, 5.74) is 4.64. The largest absolute Gasteiger partial charge is 0.354 e. The number of nitrogens with two attached hydrogens (primary N) is 1. The van der Waals surface area contributed by atoms with Crippen LogP contribution in [0.15, 0.2) is 18.2 Å². The van der Waals surface area contributed by atoms with Gasteiger partial charge in [-0.1, -0.05) is 19.9 Å². The number of carbonyl (C=O) groups is 2. The van der Waals surface area contributed by atoms with Crippen molar-refractivity contribution in [2.75, 3.05) is 13.1 Å². The molecule has 1 aromatic rings. The average Bonchev–Trinajstić information content (AvgIpc) is 2.44. The van der Waals surface area contributed by atoms with E-state index < -0.39 is 35.1 Å². The number of carbonyl (C=O) groups excluding carboxylic acids is 2. The highest BCUT2D eigenvalue weighted by Gasteiger charge is 2.26. The van der Waals surface area contributed by atoms with Crippen molar-refractivity contribution in [3.05, 3.63) is 35.4 Å². The second-order valence-corrected chi connectivity index (χ2v) is 5.23. The van der Waals surface area contributed by atoms with Gasteiger partial charge in [0, 0.05) is 6.54 Å². The minimum absolute atomic E-state index is 0.239. The van der Waals surface area contributed by atoms with E-state index in [1.54, 1.807) is 13.8 Å². The number of hydrogen-bond donors (Lipinski definition) is 3. The van der Waals surface area contributed by atoms with Crippen LogP contribution in [0.5, 0.6) is 0 Å². The molecule has 1 rings (SSSR count). The molecule has 0 aliphatic rings. The van der Waals surface area contributed by atoms with Gasteiger partial charge in [-0.3, -0.25) is 9.59 Å². The molecule has 0 aliphatic heterocycles. The molecule has 0 saturated carbocycles. The Bertz CT molecular complexity index is 515. The van der Waals surface area contributed by atoms with E-state index >= 15 is 0 Å². The van der Waals surface area contributed by atoms with Gasteiger partial charge in [-0.25, -0.2) is 8.78 Å². The second kappa shape index (κ2) is 8.43. The first-order chi connectivity index (χ1) is 10.4. The lowest BCUT2D eigenvalue weighted by Gasteiger charge is -2.22. The van der Waals surface area contributed by atoms with E-state index in [0.717, 1.165) is 12.1 Å². The van der Waals surface area contributed by atoms with E-state index in [0.29, 0.717) is 19.5 Å². The van der Waals surface area contributed by atoms with Gasteiger partial charge in [0.15, 0.2) is 0 Å². The van der Waals surface area contributed by atoms with Crippen LogP contribution in [0.3, 0.4) is 0 Å².